The van der Waals surface area contributed by atoms with Crippen LogP contribution in [0.25, 0.3) is 11.1 Å². The fourth-order valence-electron chi connectivity index (χ4n) is 3.60. The van der Waals surface area contributed by atoms with E-state index in [2.05, 4.69) is 0 Å². The van der Waals surface area contributed by atoms with Crippen LogP contribution in [0.4, 0.5) is 17.6 Å². The molecule has 2 atom stereocenters. The molecule has 3 nitrogen and oxygen atoms in total. The molecule has 0 bridgehead atoms. The van der Waals surface area contributed by atoms with Crippen molar-refractivity contribution < 1.29 is 22.4 Å². The number of carbonyl (C=O) groups is 1. The molecule has 2 N–H and O–H groups in total. The molecule has 28 heavy (non-hydrogen) atoms. The van der Waals surface area contributed by atoms with Crippen LogP contribution in [0.2, 0.25) is 0 Å². The van der Waals surface area contributed by atoms with E-state index in [-0.39, 0.29) is 28.7 Å². The number of alkyl halides is 3. The molecular weight excluding hydrogens is 372 g/mol. The van der Waals surface area contributed by atoms with Gasteiger partial charge in [0.25, 0.3) is 5.91 Å². The minimum absolute atomic E-state index is 0.0599. The molecular formula is C21H22F4N2O. The summed E-state index contributed by atoms with van der Waals surface area (Å²) >= 11 is 0. The Morgan fingerprint density at radius 3 is 2.64 bits per heavy atom. The predicted octanol–water partition coefficient (Wildman–Crippen LogP) is 4.71. The number of nitrogens with zero attached hydrogens (tertiary/aromatic N) is 1. The molecule has 0 aliphatic carbocycles. The van der Waals surface area contributed by atoms with Crippen molar-refractivity contribution in [2.24, 2.45) is 11.7 Å². The zero-order valence-electron chi connectivity index (χ0n) is 15.5. The molecule has 7 heteroatoms. The van der Waals surface area contributed by atoms with Gasteiger partial charge < -0.3 is 10.6 Å². The second kappa shape index (κ2) is 7.91. The van der Waals surface area contributed by atoms with Crippen molar-refractivity contribution in [1.29, 1.82) is 0 Å². The molecule has 1 amide bonds. The first-order valence-electron chi connectivity index (χ1n) is 9.19. The highest BCUT2D eigenvalue weighted by atomic mass is 19.4. The second-order valence-corrected chi connectivity index (χ2v) is 7.28. The molecule has 1 aliphatic heterocycles. The van der Waals surface area contributed by atoms with Crippen molar-refractivity contribution >= 4 is 5.91 Å². The summed E-state index contributed by atoms with van der Waals surface area (Å²) in [5, 5.41) is 0. The van der Waals surface area contributed by atoms with Crippen LogP contribution in [0.3, 0.4) is 0 Å². The highest BCUT2D eigenvalue weighted by Gasteiger charge is 2.31. The minimum atomic E-state index is -4.50. The Morgan fingerprint density at radius 2 is 1.96 bits per heavy atom. The molecule has 1 aliphatic rings. The number of piperidine rings is 1. The lowest BCUT2D eigenvalue weighted by atomic mass is 9.91. The highest BCUT2D eigenvalue weighted by Crippen LogP contribution is 2.34. The number of amides is 1. The van der Waals surface area contributed by atoms with Gasteiger partial charge in [-0.3, -0.25) is 4.79 Å². The second-order valence-electron chi connectivity index (χ2n) is 7.28. The van der Waals surface area contributed by atoms with Crippen molar-refractivity contribution in [3.8, 4) is 11.1 Å². The standard InChI is InChI=1S/C21H22F4N2O/c1-13(26)15-5-3-9-27(12-15)20(28)19-11-17(22)7-8-18(19)14-4-2-6-16(10-14)21(23,24)25/h2,4,6-8,10-11,13,15H,3,5,9,12,26H2,1H3. The first-order chi connectivity index (χ1) is 13.2. The summed E-state index contributed by atoms with van der Waals surface area (Å²) in [6.07, 6.45) is -2.81. The summed E-state index contributed by atoms with van der Waals surface area (Å²) in [7, 11) is 0. The zero-order valence-corrected chi connectivity index (χ0v) is 15.5. The number of likely N-dealkylation sites (tertiary alicyclic amines) is 1. The first kappa shape index (κ1) is 20.3. The minimum Gasteiger partial charge on any atom is -0.338 e. The van der Waals surface area contributed by atoms with Crippen molar-refractivity contribution in [2.45, 2.75) is 32.0 Å². The van der Waals surface area contributed by atoms with E-state index in [1.165, 1.54) is 18.2 Å². The Bertz CT molecular complexity index is 864. The van der Waals surface area contributed by atoms with E-state index in [9.17, 15) is 22.4 Å². The first-order valence-corrected chi connectivity index (χ1v) is 9.19. The molecule has 1 fully saturated rings. The molecule has 0 aromatic heterocycles. The van der Waals surface area contributed by atoms with E-state index in [1.807, 2.05) is 6.92 Å². The average Bonchev–Trinajstić information content (AvgIpc) is 2.67. The fraction of sp³-hybridized carbons (Fsp3) is 0.381. The van der Waals surface area contributed by atoms with Crippen LogP contribution in [0.15, 0.2) is 42.5 Å². The Labute approximate surface area is 161 Å². The Kier molecular flexibility index (Phi) is 5.74. The van der Waals surface area contributed by atoms with Crippen LogP contribution in [0.1, 0.15) is 35.7 Å². The molecule has 0 spiro atoms. The third-order valence-electron chi connectivity index (χ3n) is 5.20. The normalized spacial score (nSPS) is 18.8. The lowest BCUT2D eigenvalue weighted by molar-refractivity contribution is -0.137. The Morgan fingerprint density at radius 1 is 1.21 bits per heavy atom. The Hall–Kier alpha value is -2.41. The largest absolute Gasteiger partial charge is 0.416 e. The molecule has 2 aromatic carbocycles. The summed E-state index contributed by atoms with van der Waals surface area (Å²) in [5.41, 5.74) is 5.71. The van der Waals surface area contributed by atoms with Gasteiger partial charge in [0.2, 0.25) is 0 Å². The van der Waals surface area contributed by atoms with Gasteiger partial charge in [0.05, 0.1) is 11.1 Å². The van der Waals surface area contributed by atoms with Gasteiger partial charge in [-0.15, -0.1) is 0 Å². The van der Waals surface area contributed by atoms with Crippen LogP contribution in [-0.2, 0) is 6.18 Å². The van der Waals surface area contributed by atoms with E-state index in [4.69, 9.17) is 5.73 Å². The lowest BCUT2D eigenvalue weighted by Crippen LogP contribution is -2.45. The quantitative estimate of drug-likeness (QED) is 0.767. The van der Waals surface area contributed by atoms with E-state index in [0.29, 0.717) is 13.1 Å². The Balaban J connectivity index is 1.99. The van der Waals surface area contributed by atoms with E-state index < -0.39 is 23.5 Å². The van der Waals surface area contributed by atoms with E-state index in [1.54, 1.807) is 4.90 Å². The van der Waals surface area contributed by atoms with Crippen molar-refractivity contribution in [3.05, 3.63) is 59.4 Å². The number of hydrogen-bond donors (Lipinski definition) is 1. The molecule has 1 heterocycles. The monoisotopic (exact) mass is 394 g/mol. The van der Waals surface area contributed by atoms with Gasteiger partial charge in [-0.1, -0.05) is 18.2 Å². The van der Waals surface area contributed by atoms with Gasteiger partial charge in [-0.05, 0) is 61.1 Å². The molecule has 2 unspecified atom stereocenters. The maximum Gasteiger partial charge on any atom is 0.416 e. The van der Waals surface area contributed by atoms with Crippen LogP contribution in [-0.4, -0.2) is 29.9 Å². The summed E-state index contributed by atoms with van der Waals surface area (Å²) in [6.45, 7) is 2.85. The highest BCUT2D eigenvalue weighted by molar-refractivity contribution is 6.01. The van der Waals surface area contributed by atoms with Gasteiger partial charge in [0.1, 0.15) is 5.82 Å². The van der Waals surface area contributed by atoms with Gasteiger partial charge >= 0.3 is 6.18 Å². The molecule has 150 valence electrons. The topological polar surface area (TPSA) is 46.3 Å². The van der Waals surface area contributed by atoms with Crippen molar-refractivity contribution in [1.82, 2.24) is 4.90 Å². The average molecular weight is 394 g/mol. The third-order valence-corrected chi connectivity index (χ3v) is 5.20. The van der Waals surface area contributed by atoms with Crippen molar-refractivity contribution in [2.75, 3.05) is 13.1 Å². The summed E-state index contributed by atoms with van der Waals surface area (Å²) in [6, 6.07) is 8.22. The van der Waals surface area contributed by atoms with Crippen LogP contribution in [0.5, 0.6) is 0 Å². The summed E-state index contributed by atoms with van der Waals surface area (Å²) in [5.74, 6) is -0.861. The molecule has 1 saturated heterocycles. The summed E-state index contributed by atoms with van der Waals surface area (Å²) < 4.78 is 53.1. The van der Waals surface area contributed by atoms with Gasteiger partial charge in [0, 0.05) is 19.1 Å². The van der Waals surface area contributed by atoms with Crippen LogP contribution < -0.4 is 5.73 Å². The number of carbonyl (C=O) groups excluding carboxylic acids is 1. The molecule has 3 rings (SSSR count). The van der Waals surface area contributed by atoms with Gasteiger partial charge in [-0.2, -0.15) is 13.2 Å². The maximum absolute atomic E-state index is 13.9. The van der Waals surface area contributed by atoms with Gasteiger partial charge in [0.15, 0.2) is 0 Å². The number of nitrogens with two attached hydrogens (primary N) is 1. The smallest absolute Gasteiger partial charge is 0.338 e. The molecule has 0 radical (unpaired) electrons. The van der Waals surface area contributed by atoms with Gasteiger partial charge in [-0.25, -0.2) is 4.39 Å². The van der Waals surface area contributed by atoms with E-state index >= 15 is 0 Å². The molecule has 0 saturated carbocycles. The number of halogens is 4. The van der Waals surface area contributed by atoms with Crippen molar-refractivity contribution in [3.63, 3.8) is 0 Å². The van der Waals surface area contributed by atoms with E-state index in [0.717, 1.165) is 37.1 Å². The van der Waals surface area contributed by atoms with Crippen LogP contribution >= 0.6 is 0 Å². The number of rotatable bonds is 3. The van der Waals surface area contributed by atoms with Crippen LogP contribution in [0, 0.1) is 11.7 Å². The summed E-state index contributed by atoms with van der Waals surface area (Å²) in [4.78, 5) is 14.7. The fourth-order valence-corrected chi connectivity index (χ4v) is 3.60. The lowest BCUT2D eigenvalue weighted by Gasteiger charge is -2.35. The number of benzene rings is 2. The third kappa shape index (κ3) is 4.35. The molecule has 2 aromatic rings. The zero-order chi connectivity index (χ0) is 20.5. The maximum atomic E-state index is 13.9. The SMILES string of the molecule is CC(N)C1CCCN(C(=O)c2cc(F)ccc2-c2cccc(C(F)(F)F)c2)C1. The predicted molar refractivity (Wildman–Crippen MR) is 99.1 cm³/mol. The number of hydrogen-bond acceptors (Lipinski definition) is 2.